The molecule has 0 aliphatic heterocycles. The Labute approximate surface area is 118 Å². The van der Waals surface area contributed by atoms with Gasteiger partial charge in [0.05, 0.1) is 12.1 Å². The number of hydrogen-bond acceptors (Lipinski definition) is 2. The van der Waals surface area contributed by atoms with Crippen molar-refractivity contribution in [3.63, 3.8) is 0 Å². The van der Waals surface area contributed by atoms with Crippen LogP contribution < -0.4 is 5.32 Å². The van der Waals surface area contributed by atoms with Gasteiger partial charge in [-0.15, -0.1) is 0 Å². The Morgan fingerprint density at radius 3 is 2.65 bits per heavy atom. The summed E-state index contributed by atoms with van der Waals surface area (Å²) in [5, 5.41) is 3.05. The molecule has 0 saturated carbocycles. The molecule has 6 heteroatoms. The van der Waals surface area contributed by atoms with Crippen LogP contribution in [0.5, 0.6) is 0 Å². The summed E-state index contributed by atoms with van der Waals surface area (Å²) < 4.78 is 0.793. The first-order chi connectivity index (χ1) is 7.91. The standard InChI is InChI=1S/C11H12ClIN2O2/c1-15(2)10(16)6-14-11(17)8-5-7(12)3-4-9(8)13/h3-5H,6H2,1-2H3,(H,14,17). The lowest BCUT2D eigenvalue weighted by molar-refractivity contribution is -0.127. The van der Waals surface area contributed by atoms with Gasteiger partial charge in [-0.05, 0) is 40.8 Å². The van der Waals surface area contributed by atoms with Crippen LogP contribution in [0.3, 0.4) is 0 Å². The number of nitrogens with one attached hydrogen (secondary N) is 1. The molecule has 1 aromatic rings. The zero-order valence-electron chi connectivity index (χ0n) is 9.46. The van der Waals surface area contributed by atoms with E-state index in [1.165, 1.54) is 4.90 Å². The van der Waals surface area contributed by atoms with Crippen LogP contribution in [0.15, 0.2) is 18.2 Å². The van der Waals surface area contributed by atoms with Crippen LogP contribution in [0.2, 0.25) is 5.02 Å². The molecular formula is C11H12ClIN2O2. The molecule has 0 atom stereocenters. The Bertz CT molecular complexity index is 449. The van der Waals surface area contributed by atoms with Gasteiger partial charge in [0.1, 0.15) is 0 Å². The largest absolute Gasteiger partial charge is 0.347 e. The van der Waals surface area contributed by atoms with E-state index in [2.05, 4.69) is 5.32 Å². The molecule has 2 amide bonds. The van der Waals surface area contributed by atoms with E-state index in [-0.39, 0.29) is 18.4 Å². The zero-order chi connectivity index (χ0) is 13.0. The summed E-state index contributed by atoms with van der Waals surface area (Å²) in [5.41, 5.74) is 0.477. The summed E-state index contributed by atoms with van der Waals surface area (Å²) in [6, 6.07) is 5.05. The third kappa shape index (κ3) is 4.16. The molecule has 0 heterocycles. The van der Waals surface area contributed by atoms with Gasteiger partial charge in [0.2, 0.25) is 5.91 Å². The summed E-state index contributed by atoms with van der Waals surface area (Å²) in [4.78, 5) is 24.5. The molecular weight excluding hydrogens is 354 g/mol. The lowest BCUT2D eigenvalue weighted by atomic mass is 10.2. The second-order valence-electron chi connectivity index (χ2n) is 3.60. The smallest absolute Gasteiger partial charge is 0.252 e. The summed E-state index contributed by atoms with van der Waals surface area (Å²) in [7, 11) is 3.27. The monoisotopic (exact) mass is 366 g/mol. The Kier molecular flexibility index (Phi) is 5.20. The molecule has 0 aromatic heterocycles. The molecule has 17 heavy (non-hydrogen) atoms. The van der Waals surface area contributed by atoms with Gasteiger partial charge in [-0.25, -0.2) is 0 Å². The first-order valence-electron chi connectivity index (χ1n) is 4.85. The Balaban J connectivity index is 2.70. The highest BCUT2D eigenvalue weighted by atomic mass is 127. The van der Waals surface area contributed by atoms with Gasteiger partial charge in [-0.3, -0.25) is 9.59 Å². The predicted molar refractivity (Wildman–Crippen MR) is 75.2 cm³/mol. The molecule has 0 bridgehead atoms. The average Bonchev–Trinajstić information content (AvgIpc) is 2.28. The second kappa shape index (κ2) is 6.20. The number of nitrogens with zero attached hydrogens (tertiary/aromatic N) is 1. The van der Waals surface area contributed by atoms with Gasteiger partial charge < -0.3 is 10.2 Å². The molecule has 0 aliphatic rings. The predicted octanol–water partition coefficient (Wildman–Crippen LogP) is 1.76. The average molecular weight is 367 g/mol. The SMILES string of the molecule is CN(C)C(=O)CNC(=O)c1cc(Cl)ccc1I. The van der Waals surface area contributed by atoms with Crippen LogP contribution in [-0.4, -0.2) is 37.4 Å². The first-order valence-corrected chi connectivity index (χ1v) is 6.31. The van der Waals surface area contributed by atoms with Crippen molar-refractivity contribution in [2.45, 2.75) is 0 Å². The Morgan fingerprint density at radius 1 is 1.41 bits per heavy atom. The maximum Gasteiger partial charge on any atom is 0.252 e. The number of amides is 2. The summed E-state index contributed by atoms with van der Waals surface area (Å²) in [5.74, 6) is -0.456. The quantitative estimate of drug-likeness (QED) is 0.829. The lowest BCUT2D eigenvalue weighted by Gasteiger charge is -2.11. The Hall–Kier alpha value is -0.820. The third-order valence-corrected chi connectivity index (χ3v) is 3.25. The van der Waals surface area contributed by atoms with Crippen LogP contribution in [0.25, 0.3) is 0 Å². The van der Waals surface area contributed by atoms with Crippen LogP contribution in [-0.2, 0) is 4.79 Å². The zero-order valence-corrected chi connectivity index (χ0v) is 12.4. The molecule has 0 spiro atoms. The molecule has 1 aromatic carbocycles. The van der Waals surface area contributed by atoms with Gasteiger partial charge in [-0.2, -0.15) is 0 Å². The highest BCUT2D eigenvalue weighted by Gasteiger charge is 2.12. The van der Waals surface area contributed by atoms with Crippen molar-refractivity contribution in [3.8, 4) is 0 Å². The van der Waals surface area contributed by atoms with Crippen LogP contribution >= 0.6 is 34.2 Å². The van der Waals surface area contributed by atoms with Crippen molar-refractivity contribution in [2.75, 3.05) is 20.6 Å². The first kappa shape index (κ1) is 14.2. The number of halogens is 2. The van der Waals surface area contributed by atoms with E-state index in [1.54, 1.807) is 32.3 Å². The molecule has 0 radical (unpaired) electrons. The number of hydrogen-bond donors (Lipinski definition) is 1. The molecule has 4 nitrogen and oxygen atoms in total. The van der Waals surface area contributed by atoms with Gasteiger partial charge in [-0.1, -0.05) is 11.6 Å². The van der Waals surface area contributed by atoms with E-state index < -0.39 is 0 Å². The van der Waals surface area contributed by atoms with Crippen molar-refractivity contribution in [1.29, 1.82) is 0 Å². The number of carbonyl (C=O) groups is 2. The minimum Gasteiger partial charge on any atom is -0.347 e. The lowest BCUT2D eigenvalue weighted by Crippen LogP contribution is -2.36. The number of benzene rings is 1. The molecule has 0 saturated heterocycles. The third-order valence-electron chi connectivity index (χ3n) is 2.07. The summed E-state index contributed by atoms with van der Waals surface area (Å²) >= 11 is 7.86. The normalized spacial score (nSPS) is 9.88. The van der Waals surface area contributed by atoms with E-state index in [1.807, 2.05) is 22.6 Å². The van der Waals surface area contributed by atoms with Crippen molar-refractivity contribution in [2.24, 2.45) is 0 Å². The van der Waals surface area contributed by atoms with Gasteiger partial charge in [0.15, 0.2) is 0 Å². The molecule has 1 N–H and O–H groups in total. The number of likely N-dealkylation sites (N-methyl/N-ethyl adjacent to an activating group) is 1. The van der Waals surface area contributed by atoms with E-state index in [9.17, 15) is 9.59 Å². The van der Waals surface area contributed by atoms with E-state index in [0.717, 1.165) is 3.57 Å². The maximum absolute atomic E-state index is 11.8. The molecule has 1 rings (SSSR count). The second-order valence-corrected chi connectivity index (χ2v) is 5.19. The van der Waals surface area contributed by atoms with Gasteiger partial charge in [0.25, 0.3) is 5.91 Å². The molecule has 0 fully saturated rings. The van der Waals surface area contributed by atoms with E-state index in [4.69, 9.17) is 11.6 Å². The highest BCUT2D eigenvalue weighted by molar-refractivity contribution is 14.1. The summed E-state index contributed by atoms with van der Waals surface area (Å²) in [6.07, 6.45) is 0. The van der Waals surface area contributed by atoms with Crippen LogP contribution in [0, 0.1) is 3.57 Å². The van der Waals surface area contributed by atoms with E-state index >= 15 is 0 Å². The van der Waals surface area contributed by atoms with Gasteiger partial charge >= 0.3 is 0 Å². The van der Waals surface area contributed by atoms with E-state index in [0.29, 0.717) is 10.6 Å². The fourth-order valence-corrected chi connectivity index (χ4v) is 1.83. The Morgan fingerprint density at radius 2 is 2.06 bits per heavy atom. The number of carbonyl (C=O) groups excluding carboxylic acids is 2. The molecule has 92 valence electrons. The maximum atomic E-state index is 11.8. The van der Waals surface area contributed by atoms with Crippen LogP contribution in [0.4, 0.5) is 0 Å². The minimum atomic E-state index is -0.299. The number of rotatable bonds is 3. The fraction of sp³-hybridized carbons (Fsp3) is 0.273. The highest BCUT2D eigenvalue weighted by Crippen LogP contribution is 2.17. The fourth-order valence-electron chi connectivity index (χ4n) is 1.08. The van der Waals surface area contributed by atoms with Crippen molar-refractivity contribution in [1.82, 2.24) is 10.2 Å². The molecule has 0 unspecified atom stereocenters. The van der Waals surface area contributed by atoms with Crippen molar-refractivity contribution in [3.05, 3.63) is 32.4 Å². The van der Waals surface area contributed by atoms with Gasteiger partial charge in [0, 0.05) is 22.7 Å². The van der Waals surface area contributed by atoms with Crippen molar-refractivity contribution < 1.29 is 9.59 Å². The summed E-state index contributed by atoms with van der Waals surface area (Å²) in [6.45, 7) is -0.0194. The minimum absolute atomic E-state index is 0.0194. The molecule has 0 aliphatic carbocycles. The van der Waals surface area contributed by atoms with Crippen molar-refractivity contribution >= 4 is 46.0 Å². The van der Waals surface area contributed by atoms with Crippen LogP contribution in [0.1, 0.15) is 10.4 Å². The topological polar surface area (TPSA) is 49.4 Å².